The predicted molar refractivity (Wildman–Crippen MR) is 132 cm³/mol. The third kappa shape index (κ3) is 4.13. The zero-order chi connectivity index (χ0) is 24.6. The number of aryl methyl sites for hydroxylation is 2. The summed E-state index contributed by atoms with van der Waals surface area (Å²) in [6.45, 7) is 3.85. The number of carbonyl (C=O) groups excluding carboxylic acids is 2. The molecule has 1 heterocycles. The topological polar surface area (TPSA) is 76.1 Å². The van der Waals surface area contributed by atoms with Crippen LogP contribution in [0.15, 0.2) is 66.2 Å². The van der Waals surface area contributed by atoms with Crippen LogP contribution in [0.25, 0.3) is 5.76 Å². The zero-order valence-electron chi connectivity index (χ0n) is 19.3. The van der Waals surface area contributed by atoms with E-state index in [4.69, 9.17) is 21.1 Å². The smallest absolute Gasteiger partial charge is 0.300 e. The van der Waals surface area contributed by atoms with Gasteiger partial charge >= 0.3 is 0 Å². The first-order chi connectivity index (χ1) is 16.2. The van der Waals surface area contributed by atoms with Gasteiger partial charge in [0.2, 0.25) is 0 Å². The van der Waals surface area contributed by atoms with E-state index in [0.717, 1.165) is 11.1 Å². The fraction of sp³-hybridized carbons (Fsp3) is 0.185. The lowest BCUT2D eigenvalue weighted by molar-refractivity contribution is -0.132. The maximum Gasteiger partial charge on any atom is 0.300 e. The minimum atomic E-state index is -0.864. The van der Waals surface area contributed by atoms with Crippen molar-refractivity contribution in [3.8, 4) is 11.5 Å². The highest BCUT2D eigenvalue weighted by Crippen LogP contribution is 2.43. The van der Waals surface area contributed by atoms with Gasteiger partial charge in [-0.15, -0.1) is 0 Å². The van der Waals surface area contributed by atoms with Crippen LogP contribution in [-0.4, -0.2) is 31.0 Å². The Morgan fingerprint density at radius 1 is 0.941 bits per heavy atom. The van der Waals surface area contributed by atoms with Crippen molar-refractivity contribution < 1.29 is 24.2 Å². The summed E-state index contributed by atoms with van der Waals surface area (Å²) in [5.41, 5.74) is 3.36. The first kappa shape index (κ1) is 23.4. The fourth-order valence-electron chi connectivity index (χ4n) is 4.28. The van der Waals surface area contributed by atoms with E-state index in [1.54, 1.807) is 43.5 Å². The number of ether oxygens (including phenoxy) is 2. The Balaban J connectivity index is 1.97. The average molecular weight is 478 g/mol. The second-order valence-corrected chi connectivity index (χ2v) is 8.55. The molecule has 3 aromatic rings. The van der Waals surface area contributed by atoms with Gasteiger partial charge < -0.3 is 14.6 Å². The summed E-state index contributed by atoms with van der Waals surface area (Å²) in [6, 6.07) is 16.6. The van der Waals surface area contributed by atoms with Crippen molar-refractivity contribution in [2.24, 2.45) is 0 Å². The van der Waals surface area contributed by atoms with Gasteiger partial charge in [0.15, 0.2) is 0 Å². The quantitative estimate of drug-likeness (QED) is 0.294. The van der Waals surface area contributed by atoms with Crippen LogP contribution >= 0.6 is 11.6 Å². The molecule has 4 rings (SSSR count). The monoisotopic (exact) mass is 477 g/mol. The second kappa shape index (κ2) is 9.23. The van der Waals surface area contributed by atoms with E-state index in [2.05, 4.69) is 0 Å². The maximum atomic E-state index is 13.3. The summed E-state index contributed by atoms with van der Waals surface area (Å²) in [5.74, 6) is -0.827. The Labute approximate surface area is 203 Å². The molecule has 1 fully saturated rings. The van der Waals surface area contributed by atoms with Crippen molar-refractivity contribution in [1.29, 1.82) is 0 Å². The molecule has 0 saturated carbocycles. The van der Waals surface area contributed by atoms with Gasteiger partial charge in [0.1, 0.15) is 17.3 Å². The molecular formula is C27H24ClNO5. The second-order valence-electron chi connectivity index (χ2n) is 8.14. The van der Waals surface area contributed by atoms with Crippen molar-refractivity contribution in [1.82, 2.24) is 0 Å². The fourth-order valence-corrected chi connectivity index (χ4v) is 4.54. The molecule has 0 bridgehead atoms. The van der Waals surface area contributed by atoms with Crippen LogP contribution in [0.5, 0.6) is 11.5 Å². The normalized spacial score (nSPS) is 17.2. The lowest BCUT2D eigenvalue weighted by atomic mass is 9.94. The van der Waals surface area contributed by atoms with Crippen molar-refractivity contribution in [2.45, 2.75) is 19.9 Å². The molecule has 0 aliphatic carbocycles. The Kier molecular flexibility index (Phi) is 6.35. The first-order valence-electron chi connectivity index (χ1n) is 10.6. The van der Waals surface area contributed by atoms with Gasteiger partial charge in [-0.3, -0.25) is 14.5 Å². The Morgan fingerprint density at radius 2 is 1.65 bits per heavy atom. The molecular weight excluding hydrogens is 454 g/mol. The van der Waals surface area contributed by atoms with E-state index in [-0.39, 0.29) is 16.4 Å². The van der Waals surface area contributed by atoms with Gasteiger partial charge in [0.25, 0.3) is 11.7 Å². The molecule has 1 saturated heterocycles. The van der Waals surface area contributed by atoms with Gasteiger partial charge in [0, 0.05) is 11.3 Å². The standard InChI is InChI=1S/C27H24ClNO5/c1-15-10-16(2)12-19(11-15)29-24(17-6-5-7-20(13-17)33-3)23(26(31)27(29)32)25(30)18-8-9-22(34-4)21(28)14-18/h5-14,24,30H,1-4H3/b25-23-. The number of halogens is 1. The number of amides is 1. The van der Waals surface area contributed by atoms with Gasteiger partial charge in [-0.1, -0.05) is 29.8 Å². The van der Waals surface area contributed by atoms with Crippen LogP contribution in [0.3, 0.4) is 0 Å². The molecule has 1 unspecified atom stereocenters. The average Bonchev–Trinajstić information content (AvgIpc) is 3.08. The molecule has 6 nitrogen and oxygen atoms in total. The number of rotatable bonds is 5. The molecule has 34 heavy (non-hydrogen) atoms. The van der Waals surface area contributed by atoms with E-state index < -0.39 is 17.7 Å². The molecule has 0 spiro atoms. The molecule has 0 aromatic heterocycles. The maximum absolute atomic E-state index is 13.3. The van der Waals surface area contributed by atoms with Gasteiger partial charge in [-0.25, -0.2) is 0 Å². The summed E-state index contributed by atoms with van der Waals surface area (Å²) in [4.78, 5) is 28.1. The number of anilines is 1. The van der Waals surface area contributed by atoms with Gasteiger partial charge in [-0.2, -0.15) is 0 Å². The van der Waals surface area contributed by atoms with E-state index in [1.807, 2.05) is 32.0 Å². The number of ketones is 1. The number of aliphatic hydroxyl groups is 1. The minimum Gasteiger partial charge on any atom is -0.507 e. The molecule has 1 aliphatic rings. The van der Waals surface area contributed by atoms with Crippen LogP contribution in [0, 0.1) is 13.8 Å². The predicted octanol–water partition coefficient (Wildman–Crippen LogP) is 5.60. The number of methoxy groups -OCH3 is 2. The van der Waals surface area contributed by atoms with Crippen LogP contribution in [0.2, 0.25) is 5.02 Å². The molecule has 174 valence electrons. The largest absolute Gasteiger partial charge is 0.507 e. The lowest BCUT2D eigenvalue weighted by Crippen LogP contribution is -2.29. The number of hydrogen-bond acceptors (Lipinski definition) is 5. The summed E-state index contributed by atoms with van der Waals surface area (Å²) in [7, 11) is 3.03. The Morgan fingerprint density at radius 3 is 2.26 bits per heavy atom. The molecule has 3 aromatic carbocycles. The number of aliphatic hydroxyl groups excluding tert-OH is 1. The van der Waals surface area contributed by atoms with Crippen LogP contribution in [-0.2, 0) is 9.59 Å². The molecule has 1 aliphatic heterocycles. The van der Waals surface area contributed by atoms with Crippen molar-refractivity contribution in [3.63, 3.8) is 0 Å². The molecule has 0 radical (unpaired) electrons. The van der Waals surface area contributed by atoms with Crippen LogP contribution < -0.4 is 14.4 Å². The summed E-state index contributed by atoms with van der Waals surface area (Å²) in [6.07, 6.45) is 0. The van der Waals surface area contributed by atoms with Crippen molar-refractivity contribution >= 4 is 34.7 Å². The minimum absolute atomic E-state index is 0.0290. The summed E-state index contributed by atoms with van der Waals surface area (Å²) in [5, 5.41) is 11.5. The SMILES string of the molecule is COc1cccc(C2/C(=C(/O)c3ccc(OC)c(Cl)c3)C(=O)C(=O)N2c2cc(C)cc(C)c2)c1. The van der Waals surface area contributed by atoms with Crippen molar-refractivity contribution in [3.05, 3.63) is 93.5 Å². The third-order valence-electron chi connectivity index (χ3n) is 5.76. The Hall–Kier alpha value is -3.77. The van der Waals surface area contributed by atoms with Crippen LogP contribution in [0.1, 0.15) is 28.3 Å². The van der Waals surface area contributed by atoms with Gasteiger partial charge in [-0.05, 0) is 73.0 Å². The van der Waals surface area contributed by atoms with Gasteiger partial charge in [0.05, 0.1) is 30.9 Å². The van der Waals surface area contributed by atoms with Crippen molar-refractivity contribution in [2.75, 3.05) is 19.1 Å². The van der Waals surface area contributed by atoms with Crippen LogP contribution in [0.4, 0.5) is 5.69 Å². The number of nitrogens with zero attached hydrogens (tertiary/aromatic N) is 1. The third-order valence-corrected chi connectivity index (χ3v) is 6.06. The lowest BCUT2D eigenvalue weighted by Gasteiger charge is -2.26. The first-order valence-corrected chi connectivity index (χ1v) is 11.0. The number of Topliss-reactive ketones (excluding diaryl/α,β-unsaturated/α-hetero) is 1. The van der Waals surface area contributed by atoms with E-state index in [0.29, 0.717) is 28.3 Å². The van der Waals surface area contributed by atoms with E-state index in [1.165, 1.54) is 18.1 Å². The molecule has 1 N–H and O–H groups in total. The highest BCUT2D eigenvalue weighted by molar-refractivity contribution is 6.51. The highest BCUT2D eigenvalue weighted by atomic mass is 35.5. The Bertz CT molecular complexity index is 1310. The zero-order valence-corrected chi connectivity index (χ0v) is 20.0. The number of carbonyl (C=O) groups is 2. The molecule has 7 heteroatoms. The molecule has 1 amide bonds. The number of benzene rings is 3. The number of hydrogen-bond donors (Lipinski definition) is 1. The van der Waals surface area contributed by atoms with E-state index in [9.17, 15) is 14.7 Å². The molecule has 1 atom stereocenters. The van der Waals surface area contributed by atoms with E-state index >= 15 is 0 Å². The summed E-state index contributed by atoms with van der Waals surface area (Å²) >= 11 is 6.26. The highest BCUT2D eigenvalue weighted by Gasteiger charge is 2.47. The summed E-state index contributed by atoms with van der Waals surface area (Å²) < 4.78 is 10.6.